The lowest BCUT2D eigenvalue weighted by molar-refractivity contribution is -0.0511. The summed E-state index contributed by atoms with van der Waals surface area (Å²) in [7, 11) is -8.01. The zero-order chi connectivity index (χ0) is 35.0. The van der Waals surface area contributed by atoms with Crippen LogP contribution in [0.5, 0.6) is 5.75 Å². The molecule has 6 atom stereocenters. The van der Waals surface area contributed by atoms with Crippen LogP contribution in [0.15, 0.2) is 47.4 Å². The number of esters is 1. The Morgan fingerprint density at radius 3 is 2.11 bits per heavy atom. The molecule has 7 nitrogen and oxygen atoms in total. The van der Waals surface area contributed by atoms with E-state index in [-0.39, 0.29) is 32.6 Å². The van der Waals surface area contributed by atoms with Crippen molar-refractivity contribution in [2.24, 2.45) is 22.4 Å². The summed E-state index contributed by atoms with van der Waals surface area (Å²) in [6, 6.07) is 12.5. The quantitative estimate of drug-likeness (QED) is 0.229. The molecule has 2 saturated carbocycles. The molecule has 3 aliphatic rings. The number of fused-ring (bicyclic) bond motifs is 5. The average Bonchev–Trinajstić information content (AvgIpc) is 3.21. The first kappa shape index (κ1) is 36.3. The molecule has 0 saturated heterocycles. The minimum absolute atomic E-state index is 0.00469. The Labute approximate surface area is 285 Å². The maximum absolute atomic E-state index is 13.6. The number of nitrogens with two attached hydrogens (primary N) is 1. The van der Waals surface area contributed by atoms with E-state index in [9.17, 15) is 13.2 Å². The summed E-state index contributed by atoms with van der Waals surface area (Å²) in [6.07, 6.45) is 4.39. The van der Waals surface area contributed by atoms with Gasteiger partial charge in [0.15, 0.2) is 8.32 Å². The number of benzene rings is 2. The zero-order valence-corrected chi connectivity index (χ0v) is 33.2. The molecule has 47 heavy (non-hydrogen) atoms. The largest absolute Gasteiger partial charge is 0.543 e. The topological polar surface area (TPSA) is 105 Å². The summed E-state index contributed by atoms with van der Waals surface area (Å²) < 4.78 is 43.8. The number of primary sulfonamides is 1. The zero-order valence-electron chi connectivity index (χ0n) is 30.4. The van der Waals surface area contributed by atoms with E-state index in [0.717, 1.165) is 37.9 Å². The van der Waals surface area contributed by atoms with Crippen molar-refractivity contribution >= 4 is 32.6 Å². The summed E-state index contributed by atoms with van der Waals surface area (Å²) in [5.41, 5.74) is 3.07. The Balaban J connectivity index is 1.43. The molecule has 2 aromatic rings. The van der Waals surface area contributed by atoms with Gasteiger partial charge in [-0.15, -0.1) is 0 Å². The fourth-order valence-electron chi connectivity index (χ4n) is 7.81. The van der Waals surface area contributed by atoms with Crippen LogP contribution in [0.1, 0.15) is 102 Å². The van der Waals surface area contributed by atoms with Crippen molar-refractivity contribution in [3.63, 3.8) is 0 Å². The van der Waals surface area contributed by atoms with Crippen molar-refractivity contribution < 1.29 is 26.8 Å². The van der Waals surface area contributed by atoms with Crippen molar-refractivity contribution in [3.05, 3.63) is 59.2 Å². The summed E-state index contributed by atoms with van der Waals surface area (Å²) in [4.78, 5) is 13.5. The minimum atomic E-state index is -3.86. The summed E-state index contributed by atoms with van der Waals surface area (Å²) in [5, 5.41) is 5.42. The van der Waals surface area contributed by atoms with Gasteiger partial charge in [-0.1, -0.05) is 54.5 Å². The highest BCUT2D eigenvalue weighted by Gasteiger charge is 2.61. The molecule has 3 unspecified atom stereocenters. The minimum Gasteiger partial charge on any atom is -0.543 e. The number of ether oxygens (including phenoxy) is 1. The second-order valence-electron chi connectivity index (χ2n) is 17.7. The van der Waals surface area contributed by atoms with E-state index in [1.807, 2.05) is 0 Å². The van der Waals surface area contributed by atoms with Crippen LogP contribution in [0.4, 0.5) is 0 Å². The van der Waals surface area contributed by atoms with Crippen LogP contribution in [0, 0.1) is 17.3 Å². The van der Waals surface area contributed by atoms with Gasteiger partial charge in [0.25, 0.3) is 0 Å². The number of hydrogen-bond donors (Lipinski definition) is 1. The fraction of sp³-hybridized carbons (Fsp3) is 0.649. The van der Waals surface area contributed by atoms with Crippen molar-refractivity contribution in [2.45, 2.75) is 140 Å². The van der Waals surface area contributed by atoms with E-state index >= 15 is 0 Å². The maximum Gasteiger partial charge on any atom is 0.338 e. The van der Waals surface area contributed by atoms with Gasteiger partial charge in [-0.25, -0.2) is 18.4 Å². The van der Waals surface area contributed by atoms with Crippen LogP contribution >= 0.6 is 0 Å². The van der Waals surface area contributed by atoms with Gasteiger partial charge >= 0.3 is 5.97 Å². The Bertz CT molecular complexity index is 1610. The van der Waals surface area contributed by atoms with Crippen LogP contribution in [0.25, 0.3) is 0 Å². The molecule has 0 heterocycles. The van der Waals surface area contributed by atoms with Crippen LogP contribution in [0.3, 0.4) is 0 Å². The Kier molecular flexibility index (Phi) is 9.35. The summed E-state index contributed by atoms with van der Waals surface area (Å²) in [5.74, 6) is 1.85. The van der Waals surface area contributed by atoms with Gasteiger partial charge in [0.1, 0.15) is 11.9 Å². The molecule has 3 aliphatic carbocycles. The molecule has 0 radical (unpaired) electrons. The van der Waals surface area contributed by atoms with Gasteiger partial charge in [-0.2, -0.15) is 0 Å². The fourth-order valence-corrected chi connectivity index (χ4v) is 10.8. The number of sulfonamides is 1. The highest BCUT2D eigenvalue weighted by Crippen LogP contribution is 2.63. The monoisotopic (exact) mass is 699 g/mol. The van der Waals surface area contributed by atoms with Crippen molar-refractivity contribution in [1.82, 2.24) is 0 Å². The third-order valence-corrected chi connectivity index (χ3v) is 22.4. The van der Waals surface area contributed by atoms with Gasteiger partial charge in [0.2, 0.25) is 18.3 Å². The van der Waals surface area contributed by atoms with E-state index < -0.39 is 32.6 Å². The molecule has 0 spiro atoms. The van der Waals surface area contributed by atoms with Crippen molar-refractivity contribution in [2.75, 3.05) is 0 Å². The van der Waals surface area contributed by atoms with E-state index in [2.05, 4.69) is 92.9 Å². The Hall–Kier alpha value is -1.99. The maximum atomic E-state index is 13.6. The van der Waals surface area contributed by atoms with E-state index in [0.29, 0.717) is 23.3 Å². The predicted molar refractivity (Wildman–Crippen MR) is 193 cm³/mol. The molecular weight excluding hydrogens is 643 g/mol. The number of carbonyl (C=O) groups is 1. The standard InChI is InChI=1S/C37H57NO6SSi2/c1-35(2,3)46(8,9)43-26-15-19-28-25(22-26)14-18-30-29(28)20-21-37(7)31(30)23-32(33(37)44-47(10,11)36(4,5)6)42-34(39)24-12-16-27(17-13-24)45(38,40)41/h12-13,15-17,19,22,29-33H,14,18,20-21,23H2,1-11H3,(H2,38,40,41)/t29?,30?,31?,32-,33+,37+/m1/s1. The first-order chi connectivity index (χ1) is 21.4. The smallest absolute Gasteiger partial charge is 0.338 e. The van der Waals surface area contributed by atoms with E-state index in [1.165, 1.54) is 35.4 Å². The SMILES string of the molecule is CC(C)(C)[Si](C)(C)Oc1ccc2c(c1)CCC1C2CC[C@@]2(C)C1C[C@@H](OC(=O)c1ccc(S(N)(=O)=O)cc1)[C@@H]2O[Si](C)(C)C(C)(C)C. The van der Waals surface area contributed by atoms with Gasteiger partial charge in [0.05, 0.1) is 16.6 Å². The number of aryl methyl sites for hydroxylation is 1. The van der Waals surface area contributed by atoms with E-state index in [4.69, 9.17) is 18.7 Å². The molecular formula is C37H57NO6SSi2. The molecule has 2 fully saturated rings. The Morgan fingerprint density at radius 2 is 1.53 bits per heavy atom. The molecule has 0 bridgehead atoms. The summed E-state index contributed by atoms with van der Waals surface area (Å²) >= 11 is 0. The van der Waals surface area contributed by atoms with Crippen LogP contribution in [-0.2, 0) is 25.6 Å². The third-order valence-electron chi connectivity index (χ3n) is 12.7. The van der Waals surface area contributed by atoms with Gasteiger partial charge < -0.3 is 13.6 Å². The second-order valence-corrected chi connectivity index (χ2v) is 28.8. The molecule has 2 aromatic carbocycles. The molecule has 10 heteroatoms. The van der Waals surface area contributed by atoms with Gasteiger partial charge in [-0.05, 0) is 139 Å². The second kappa shape index (κ2) is 12.1. The van der Waals surface area contributed by atoms with Crippen molar-refractivity contribution in [1.29, 1.82) is 0 Å². The average molecular weight is 700 g/mol. The third kappa shape index (κ3) is 6.91. The molecule has 0 amide bonds. The van der Waals surface area contributed by atoms with Gasteiger partial charge in [-0.3, -0.25) is 0 Å². The highest BCUT2D eigenvalue weighted by atomic mass is 32.2. The lowest BCUT2D eigenvalue weighted by atomic mass is 9.55. The number of hydrogen-bond acceptors (Lipinski definition) is 6. The molecule has 260 valence electrons. The number of rotatable bonds is 7. The van der Waals surface area contributed by atoms with Crippen LogP contribution < -0.4 is 9.56 Å². The van der Waals surface area contributed by atoms with Crippen LogP contribution in [-0.4, -0.2) is 43.2 Å². The highest BCUT2D eigenvalue weighted by molar-refractivity contribution is 7.89. The molecule has 2 N–H and O–H groups in total. The van der Waals surface area contributed by atoms with E-state index in [1.54, 1.807) is 0 Å². The Morgan fingerprint density at radius 1 is 0.915 bits per heavy atom. The lowest BCUT2D eigenvalue weighted by Crippen LogP contribution is -2.53. The van der Waals surface area contributed by atoms with Gasteiger partial charge in [0, 0.05) is 0 Å². The predicted octanol–water partition coefficient (Wildman–Crippen LogP) is 8.80. The normalized spacial score (nSPS) is 28.2. The number of carbonyl (C=O) groups excluding carboxylic acids is 1. The first-order valence-electron chi connectivity index (χ1n) is 17.3. The molecule has 0 aromatic heterocycles. The van der Waals surface area contributed by atoms with Crippen molar-refractivity contribution in [3.8, 4) is 5.75 Å². The molecule has 0 aliphatic heterocycles. The first-order valence-corrected chi connectivity index (χ1v) is 24.6. The lowest BCUT2D eigenvalue weighted by Gasteiger charge is -2.52. The molecule has 5 rings (SSSR count). The summed E-state index contributed by atoms with van der Waals surface area (Å²) in [6.45, 7) is 25.1. The van der Waals surface area contributed by atoms with Crippen LogP contribution in [0.2, 0.25) is 36.3 Å².